The summed E-state index contributed by atoms with van der Waals surface area (Å²) < 4.78 is 0. The Labute approximate surface area is 84.3 Å². The summed E-state index contributed by atoms with van der Waals surface area (Å²) >= 11 is 5.95. The highest BCUT2D eigenvalue weighted by Crippen LogP contribution is 2.19. The highest BCUT2D eigenvalue weighted by Gasteiger charge is 2.09. The molecule has 0 radical (unpaired) electrons. The minimum Gasteiger partial charge on any atom is -0.308 e. The second kappa shape index (κ2) is 4.58. The van der Waals surface area contributed by atoms with Crippen LogP contribution in [0.5, 0.6) is 0 Å². The van der Waals surface area contributed by atoms with Crippen LogP contribution in [-0.4, -0.2) is 11.0 Å². The van der Waals surface area contributed by atoms with Crippen LogP contribution in [0.4, 0.5) is 0 Å². The minimum absolute atomic E-state index is 0.251. The van der Waals surface area contributed by atoms with Gasteiger partial charge in [0.15, 0.2) is 0 Å². The van der Waals surface area contributed by atoms with Gasteiger partial charge in [0.1, 0.15) is 5.15 Å². The van der Waals surface area contributed by atoms with Crippen molar-refractivity contribution in [3.63, 3.8) is 0 Å². The van der Waals surface area contributed by atoms with Crippen LogP contribution in [0.2, 0.25) is 5.15 Å². The topological polar surface area (TPSA) is 24.9 Å². The van der Waals surface area contributed by atoms with Gasteiger partial charge in [-0.05, 0) is 13.0 Å². The molecule has 0 saturated carbocycles. The molecule has 1 rings (SSSR count). The largest absolute Gasteiger partial charge is 0.308 e. The molecule has 13 heavy (non-hydrogen) atoms. The van der Waals surface area contributed by atoms with E-state index in [9.17, 15) is 0 Å². The van der Waals surface area contributed by atoms with Gasteiger partial charge in [-0.2, -0.15) is 0 Å². The van der Waals surface area contributed by atoms with Crippen LogP contribution >= 0.6 is 11.6 Å². The first kappa shape index (κ1) is 10.5. The van der Waals surface area contributed by atoms with Crippen molar-refractivity contribution in [2.75, 3.05) is 0 Å². The Morgan fingerprint density at radius 2 is 2.08 bits per heavy atom. The van der Waals surface area contributed by atoms with Crippen LogP contribution < -0.4 is 5.32 Å². The standard InChI is InChI=1S/C10H15ClN2/c1-7(2)13-8(3)9-5-4-6-12-10(9)11/h4-8,13H,1-3H3. The Hall–Kier alpha value is -0.600. The minimum atomic E-state index is 0.251. The number of aromatic nitrogens is 1. The number of nitrogens with one attached hydrogen (secondary N) is 1. The Bertz CT molecular complexity index is 273. The van der Waals surface area contributed by atoms with Crippen LogP contribution in [0.15, 0.2) is 18.3 Å². The fourth-order valence-corrected chi connectivity index (χ4v) is 1.59. The molecule has 1 aromatic rings. The number of pyridine rings is 1. The molecule has 0 saturated heterocycles. The van der Waals surface area contributed by atoms with Crippen molar-refractivity contribution in [1.29, 1.82) is 0 Å². The van der Waals surface area contributed by atoms with Gasteiger partial charge in [0, 0.05) is 23.8 Å². The summed E-state index contributed by atoms with van der Waals surface area (Å²) in [5.41, 5.74) is 1.05. The molecule has 0 aliphatic heterocycles. The predicted octanol–water partition coefficient (Wildman–Crippen LogP) is 2.79. The maximum absolute atomic E-state index is 5.95. The van der Waals surface area contributed by atoms with E-state index in [4.69, 9.17) is 11.6 Å². The monoisotopic (exact) mass is 198 g/mol. The SMILES string of the molecule is CC(C)NC(C)c1cccnc1Cl. The van der Waals surface area contributed by atoms with E-state index in [0.717, 1.165) is 5.56 Å². The van der Waals surface area contributed by atoms with Gasteiger partial charge in [0.05, 0.1) is 0 Å². The van der Waals surface area contributed by atoms with Crippen molar-refractivity contribution in [3.8, 4) is 0 Å². The van der Waals surface area contributed by atoms with E-state index in [2.05, 4.69) is 31.1 Å². The maximum atomic E-state index is 5.95. The molecule has 3 heteroatoms. The lowest BCUT2D eigenvalue weighted by molar-refractivity contribution is 0.505. The second-order valence-electron chi connectivity index (χ2n) is 3.43. The number of nitrogens with zero attached hydrogens (tertiary/aromatic N) is 1. The summed E-state index contributed by atoms with van der Waals surface area (Å²) in [5.74, 6) is 0. The molecule has 0 amide bonds. The lowest BCUT2D eigenvalue weighted by Crippen LogP contribution is -2.26. The fourth-order valence-electron chi connectivity index (χ4n) is 1.31. The molecule has 1 heterocycles. The first-order chi connectivity index (χ1) is 6.11. The number of halogens is 1. The van der Waals surface area contributed by atoms with E-state index >= 15 is 0 Å². The third-order valence-electron chi connectivity index (χ3n) is 1.84. The van der Waals surface area contributed by atoms with Crippen molar-refractivity contribution < 1.29 is 0 Å². The molecule has 1 unspecified atom stereocenters. The van der Waals surface area contributed by atoms with Gasteiger partial charge in [0.2, 0.25) is 0 Å². The van der Waals surface area contributed by atoms with Gasteiger partial charge in [-0.25, -0.2) is 4.98 Å². The second-order valence-corrected chi connectivity index (χ2v) is 3.78. The summed E-state index contributed by atoms with van der Waals surface area (Å²) in [6.07, 6.45) is 1.70. The van der Waals surface area contributed by atoms with Crippen molar-refractivity contribution in [2.24, 2.45) is 0 Å². The van der Waals surface area contributed by atoms with Gasteiger partial charge >= 0.3 is 0 Å². The van der Waals surface area contributed by atoms with Crippen molar-refractivity contribution in [2.45, 2.75) is 32.9 Å². The quantitative estimate of drug-likeness (QED) is 0.756. The zero-order valence-corrected chi connectivity index (χ0v) is 8.97. The van der Waals surface area contributed by atoms with E-state index in [0.29, 0.717) is 11.2 Å². The van der Waals surface area contributed by atoms with Crippen LogP contribution in [0, 0.1) is 0 Å². The van der Waals surface area contributed by atoms with Crippen molar-refractivity contribution in [1.82, 2.24) is 10.3 Å². The lowest BCUT2D eigenvalue weighted by Gasteiger charge is -2.17. The van der Waals surface area contributed by atoms with Crippen LogP contribution in [0.3, 0.4) is 0 Å². The zero-order chi connectivity index (χ0) is 9.84. The molecule has 1 atom stereocenters. The number of hydrogen-bond acceptors (Lipinski definition) is 2. The third kappa shape index (κ3) is 2.98. The van der Waals surface area contributed by atoms with E-state index < -0.39 is 0 Å². The Kier molecular flexibility index (Phi) is 3.70. The van der Waals surface area contributed by atoms with Crippen LogP contribution in [0.1, 0.15) is 32.4 Å². The first-order valence-electron chi connectivity index (χ1n) is 4.47. The zero-order valence-electron chi connectivity index (χ0n) is 8.21. The van der Waals surface area contributed by atoms with Crippen LogP contribution in [0.25, 0.3) is 0 Å². The predicted molar refractivity (Wildman–Crippen MR) is 55.9 cm³/mol. The highest BCUT2D eigenvalue weighted by molar-refractivity contribution is 6.30. The summed E-state index contributed by atoms with van der Waals surface area (Å²) in [4.78, 5) is 4.03. The fraction of sp³-hybridized carbons (Fsp3) is 0.500. The van der Waals surface area contributed by atoms with Crippen LogP contribution in [-0.2, 0) is 0 Å². The molecule has 0 fully saturated rings. The summed E-state index contributed by atoms with van der Waals surface area (Å²) in [5, 5.41) is 3.96. The molecule has 72 valence electrons. The molecule has 0 aromatic carbocycles. The highest BCUT2D eigenvalue weighted by atomic mass is 35.5. The van der Waals surface area contributed by atoms with Crippen molar-refractivity contribution >= 4 is 11.6 Å². The molecular weight excluding hydrogens is 184 g/mol. The van der Waals surface area contributed by atoms with E-state index in [-0.39, 0.29) is 6.04 Å². The van der Waals surface area contributed by atoms with E-state index in [1.165, 1.54) is 0 Å². The average molecular weight is 199 g/mol. The summed E-state index contributed by atoms with van der Waals surface area (Å²) in [6.45, 7) is 6.31. The van der Waals surface area contributed by atoms with Gasteiger partial charge in [-0.3, -0.25) is 0 Å². The van der Waals surface area contributed by atoms with Gasteiger partial charge in [-0.1, -0.05) is 31.5 Å². The first-order valence-corrected chi connectivity index (χ1v) is 4.85. The molecule has 1 N–H and O–H groups in total. The normalized spacial score (nSPS) is 13.3. The molecular formula is C10H15ClN2. The summed E-state index contributed by atoms with van der Waals surface area (Å²) in [6, 6.07) is 4.60. The molecule has 0 bridgehead atoms. The molecule has 0 aliphatic rings. The summed E-state index contributed by atoms with van der Waals surface area (Å²) in [7, 11) is 0. The van der Waals surface area contributed by atoms with Gasteiger partial charge in [-0.15, -0.1) is 0 Å². The molecule has 0 aliphatic carbocycles. The van der Waals surface area contributed by atoms with E-state index in [1.807, 2.05) is 12.1 Å². The molecule has 0 spiro atoms. The third-order valence-corrected chi connectivity index (χ3v) is 2.15. The number of rotatable bonds is 3. The van der Waals surface area contributed by atoms with E-state index in [1.54, 1.807) is 6.20 Å². The smallest absolute Gasteiger partial charge is 0.133 e. The van der Waals surface area contributed by atoms with Gasteiger partial charge < -0.3 is 5.32 Å². The number of hydrogen-bond donors (Lipinski definition) is 1. The van der Waals surface area contributed by atoms with Crippen molar-refractivity contribution in [3.05, 3.63) is 29.0 Å². The Balaban J connectivity index is 2.76. The molecule has 1 aromatic heterocycles. The average Bonchev–Trinajstić information content (AvgIpc) is 2.03. The molecule has 2 nitrogen and oxygen atoms in total. The lowest BCUT2D eigenvalue weighted by atomic mass is 10.1. The maximum Gasteiger partial charge on any atom is 0.133 e. The Morgan fingerprint density at radius 1 is 1.38 bits per heavy atom. The Morgan fingerprint density at radius 3 is 2.62 bits per heavy atom. The van der Waals surface area contributed by atoms with Gasteiger partial charge in [0.25, 0.3) is 0 Å².